The molecule has 0 atom stereocenters. The van der Waals surface area contributed by atoms with Crippen molar-refractivity contribution < 1.29 is 0 Å². The van der Waals surface area contributed by atoms with Gasteiger partial charge < -0.3 is 0 Å². The summed E-state index contributed by atoms with van der Waals surface area (Å²) in [6, 6.07) is 0.619. The van der Waals surface area contributed by atoms with Crippen LogP contribution < -0.4 is 0 Å². The molecule has 0 unspecified atom stereocenters. The molecule has 2 heterocycles. The van der Waals surface area contributed by atoms with Gasteiger partial charge in [-0.15, -0.1) is 11.3 Å². The zero-order valence-corrected chi connectivity index (χ0v) is 9.45. The van der Waals surface area contributed by atoms with Crippen LogP contribution in [-0.4, -0.2) is 22.5 Å². The maximum absolute atomic E-state index is 5.87. The van der Waals surface area contributed by atoms with E-state index < -0.39 is 0 Å². The standard InChI is InChI=1S/C9H13ClN2S/c1-6(2)12-4-3-7-8(5-12)13-9(10)11-7/h6H,3-5H2,1-2H3. The fourth-order valence-electron chi connectivity index (χ4n) is 1.62. The van der Waals surface area contributed by atoms with Gasteiger partial charge >= 0.3 is 0 Å². The van der Waals surface area contributed by atoms with Crippen LogP contribution in [0.1, 0.15) is 24.4 Å². The smallest absolute Gasteiger partial charge is 0.184 e. The maximum atomic E-state index is 5.87. The highest BCUT2D eigenvalue weighted by Crippen LogP contribution is 2.28. The summed E-state index contributed by atoms with van der Waals surface area (Å²) in [5, 5.41) is 0. The Bertz CT molecular complexity index is 309. The Hall–Kier alpha value is -0.120. The van der Waals surface area contributed by atoms with Crippen LogP contribution in [0.15, 0.2) is 0 Å². The average molecular weight is 217 g/mol. The maximum Gasteiger partial charge on any atom is 0.184 e. The van der Waals surface area contributed by atoms with E-state index in [0.717, 1.165) is 19.5 Å². The molecule has 1 aromatic heterocycles. The summed E-state index contributed by atoms with van der Waals surface area (Å²) in [6.07, 6.45) is 1.05. The molecule has 0 radical (unpaired) electrons. The van der Waals surface area contributed by atoms with Crippen LogP contribution in [-0.2, 0) is 13.0 Å². The van der Waals surface area contributed by atoms with Gasteiger partial charge in [-0.3, -0.25) is 4.90 Å². The Morgan fingerprint density at radius 1 is 1.54 bits per heavy atom. The van der Waals surface area contributed by atoms with Crippen molar-refractivity contribution in [2.24, 2.45) is 0 Å². The first kappa shape index (κ1) is 9.44. The number of hydrogen-bond acceptors (Lipinski definition) is 3. The molecule has 0 bridgehead atoms. The van der Waals surface area contributed by atoms with Crippen molar-refractivity contribution in [3.8, 4) is 0 Å². The molecule has 0 fully saturated rings. The third kappa shape index (κ3) is 1.87. The second kappa shape index (κ2) is 3.56. The summed E-state index contributed by atoms with van der Waals surface area (Å²) in [6.45, 7) is 6.60. The zero-order valence-electron chi connectivity index (χ0n) is 7.88. The highest BCUT2D eigenvalue weighted by molar-refractivity contribution is 7.15. The molecule has 0 aliphatic carbocycles. The molecule has 72 valence electrons. The number of hydrogen-bond donors (Lipinski definition) is 0. The van der Waals surface area contributed by atoms with Crippen molar-refractivity contribution in [2.75, 3.05) is 6.54 Å². The lowest BCUT2D eigenvalue weighted by atomic mass is 10.1. The minimum atomic E-state index is 0.619. The molecule has 0 saturated heterocycles. The molecule has 13 heavy (non-hydrogen) atoms. The molecular formula is C9H13ClN2S. The Morgan fingerprint density at radius 2 is 2.31 bits per heavy atom. The van der Waals surface area contributed by atoms with Gasteiger partial charge in [-0.05, 0) is 13.8 Å². The third-order valence-electron chi connectivity index (χ3n) is 2.46. The first-order valence-corrected chi connectivity index (χ1v) is 5.74. The van der Waals surface area contributed by atoms with Crippen LogP contribution >= 0.6 is 22.9 Å². The lowest BCUT2D eigenvalue weighted by molar-refractivity contribution is 0.205. The van der Waals surface area contributed by atoms with Crippen molar-refractivity contribution >= 4 is 22.9 Å². The number of thiazole rings is 1. The summed E-state index contributed by atoms with van der Waals surface area (Å²) < 4.78 is 0.690. The van der Waals surface area contributed by atoms with E-state index in [1.807, 2.05) is 0 Å². The number of fused-ring (bicyclic) bond motifs is 1. The van der Waals surface area contributed by atoms with Crippen molar-refractivity contribution in [3.05, 3.63) is 15.0 Å². The van der Waals surface area contributed by atoms with E-state index in [1.165, 1.54) is 10.6 Å². The Kier molecular flexibility index (Phi) is 2.58. The van der Waals surface area contributed by atoms with E-state index in [9.17, 15) is 0 Å². The number of rotatable bonds is 1. The lowest BCUT2D eigenvalue weighted by Crippen LogP contribution is -2.35. The van der Waals surface area contributed by atoms with Crippen LogP contribution in [0.3, 0.4) is 0 Å². The first-order valence-electron chi connectivity index (χ1n) is 4.55. The fourth-order valence-corrected chi connectivity index (χ4v) is 2.86. The number of nitrogens with zero attached hydrogens (tertiary/aromatic N) is 2. The normalized spacial score (nSPS) is 17.8. The van der Waals surface area contributed by atoms with Gasteiger partial charge in [-0.25, -0.2) is 4.98 Å². The SMILES string of the molecule is CC(C)N1CCc2nc(Cl)sc2C1. The van der Waals surface area contributed by atoms with Gasteiger partial charge in [0.1, 0.15) is 0 Å². The molecule has 1 aliphatic rings. The lowest BCUT2D eigenvalue weighted by Gasteiger charge is -2.29. The summed E-state index contributed by atoms with van der Waals surface area (Å²) in [7, 11) is 0. The molecule has 4 heteroatoms. The van der Waals surface area contributed by atoms with Crippen molar-refractivity contribution in [1.82, 2.24) is 9.88 Å². The van der Waals surface area contributed by atoms with E-state index in [2.05, 4.69) is 23.7 Å². The van der Waals surface area contributed by atoms with Gasteiger partial charge in [-0.2, -0.15) is 0 Å². The average Bonchev–Trinajstić information content (AvgIpc) is 2.42. The van der Waals surface area contributed by atoms with Crippen molar-refractivity contribution in [1.29, 1.82) is 0 Å². The minimum absolute atomic E-state index is 0.619. The molecule has 1 aliphatic heterocycles. The third-order valence-corrected chi connectivity index (χ3v) is 3.65. The largest absolute Gasteiger partial charge is 0.295 e. The summed E-state index contributed by atoms with van der Waals surface area (Å²) in [5.74, 6) is 0. The van der Waals surface area contributed by atoms with Crippen LogP contribution in [0.5, 0.6) is 0 Å². The highest BCUT2D eigenvalue weighted by Gasteiger charge is 2.21. The van der Waals surface area contributed by atoms with Crippen LogP contribution in [0.2, 0.25) is 4.47 Å². The van der Waals surface area contributed by atoms with Gasteiger partial charge in [0, 0.05) is 30.4 Å². The molecule has 0 amide bonds. The topological polar surface area (TPSA) is 16.1 Å². The molecule has 0 spiro atoms. The van der Waals surface area contributed by atoms with E-state index in [0.29, 0.717) is 10.5 Å². The minimum Gasteiger partial charge on any atom is -0.295 e. The molecule has 0 saturated carbocycles. The monoisotopic (exact) mass is 216 g/mol. The molecule has 0 aromatic carbocycles. The van der Waals surface area contributed by atoms with Gasteiger partial charge in [0.05, 0.1) is 5.69 Å². The van der Waals surface area contributed by atoms with Crippen LogP contribution in [0.4, 0.5) is 0 Å². The van der Waals surface area contributed by atoms with Crippen molar-refractivity contribution in [2.45, 2.75) is 32.9 Å². The second-order valence-electron chi connectivity index (χ2n) is 3.65. The fraction of sp³-hybridized carbons (Fsp3) is 0.667. The van der Waals surface area contributed by atoms with Crippen LogP contribution in [0.25, 0.3) is 0 Å². The quantitative estimate of drug-likeness (QED) is 0.718. The van der Waals surface area contributed by atoms with E-state index in [1.54, 1.807) is 11.3 Å². The summed E-state index contributed by atoms with van der Waals surface area (Å²) in [5.41, 5.74) is 1.21. The number of halogens is 1. The van der Waals surface area contributed by atoms with Gasteiger partial charge in [0.2, 0.25) is 0 Å². The van der Waals surface area contributed by atoms with Gasteiger partial charge in [0.25, 0.3) is 0 Å². The van der Waals surface area contributed by atoms with Gasteiger partial charge in [-0.1, -0.05) is 11.6 Å². The van der Waals surface area contributed by atoms with Crippen molar-refractivity contribution in [3.63, 3.8) is 0 Å². The Labute approximate surface area is 87.5 Å². The van der Waals surface area contributed by atoms with E-state index in [-0.39, 0.29) is 0 Å². The first-order chi connectivity index (χ1) is 6.16. The Balaban J connectivity index is 2.19. The van der Waals surface area contributed by atoms with E-state index >= 15 is 0 Å². The molecule has 0 N–H and O–H groups in total. The molecule has 2 nitrogen and oxygen atoms in total. The molecular weight excluding hydrogens is 204 g/mol. The highest BCUT2D eigenvalue weighted by atomic mass is 35.5. The Morgan fingerprint density at radius 3 is 3.00 bits per heavy atom. The molecule has 2 rings (SSSR count). The van der Waals surface area contributed by atoms with Crippen LogP contribution in [0, 0.1) is 0 Å². The molecule has 1 aromatic rings. The summed E-state index contributed by atoms with van der Waals surface area (Å²) >= 11 is 7.49. The predicted octanol–water partition coefficient (Wildman–Crippen LogP) is 2.56. The number of aromatic nitrogens is 1. The summed E-state index contributed by atoms with van der Waals surface area (Å²) in [4.78, 5) is 8.11. The van der Waals surface area contributed by atoms with Gasteiger partial charge in [0.15, 0.2) is 4.47 Å². The zero-order chi connectivity index (χ0) is 9.42. The van der Waals surface area contributed by atoms with E-state index in [4.69, 9.17) is 11.6 Å². The second-order valence-corrected chi connectivity index (χ2v) is 5.32. The predicted molar refractivity (Wildman–Crippen MR) is 56.4 cm³/mol.